The minimum atomic E-state index is -0.907. The molecule has 8 heteroatoms. The average Bonchev–Trinajstić information content (AvgIpc) is 2.94. The van der Waals surface area contributed by atoms with Crippen LogP contribution in [0.4, 0.5) is 8.78 Å². The second kappa shape index (κ2) is 5.73. The Morgan fingerprint density at radius 3 is 2.83 bits per heavy atom. The van der Waals surface area contributed by atoms with Crippen LogP contribution in [0.2, 0.25) is 0 Å². The van der Waals surface area contributed by atoms with Crippen molar-refractivity contribution >= 4 is 16.8 Å². The number of nitrogens with one attached hydrogen (secondary N) is 1. The summed E-state index contributed by atoms with van der Waals surface area (Å²) in [6.45, 7) is 0. The minimum Gasteiger partial charge on any atom is -0.294 e. The average molecular weight is 317 g/mol. The Hall–Kier alpha value is -2.87. The molecule has 3 rings (SSSR count). The van der Waals surface area contributed by atoms with Gasteiger partial charge in [-0.25, -0.2) is 15.2 Å². The number of carbonyl (C=O) groups is 1. The lowest BCUT2D eigenvalue weighted by Crippen LogP contribution is -2.31. The monoisotopic (exact) mass is 317 g/mol. The summed E-state index contributed by atoms with van der Waals surface area (Å²) >= 11 is 0. The summed E-state index contributed by atoms with van der Waals surface area (Å²) in [4.78, 5) is 15.1. The molecule has 0 unspecified atom stereocenters. The molecule has 0 radical (unpaired) electrons. The maximum absolute atomic E-state index is 14.8. The first-order valence-corrected chi connectivity index (χ1v) is 6.75. The van der Waals surface area contributed by atoms with Crippen molar-refractivity contribution in [2.45, 2.75) is 6.42 Å². The predicted molar refractivity (Wildman–Crippen MR) is 79.9 cm³/mol. The SMILES string of the molecule is Cn1cc(-c2c(F)nc3ccc(CC(=O)NN)cc3c2F)cn1. The number of benzene rings is 1. The molecule has 23 heavy (non-hydrogen) atoms. The quantitative estimate of drug-likeness (QED) is 0.331. The molecule has 0 fully saturated rings. The number of pyridine rings is 1. The van der Waals surface area contributed by atoms with Gasteiger partial charge in [-0.1, -0.05) is 6.07 Å². The second-order valence-electron chi connectivity index (χ2n) is 5.09. The summed E-state index contributed by atoms with van der Waals surface area (Å²) in [6.07, 6.45) is 2.85. The highest BCUT2D eigenvalue weighted by Crippen LogP contribution is 2.30. The lowest BCUT2D eigenvalue weighted by Gasteiger charge is -2.08. The van der Waals surface area contributed by atoms with Crippen LogP contribution in [0.25, 0.3) is 22.0 Å². The van der Waals surface area contributed by atoms with Crippen LogP contribution in [0.1, 0.15) is 5.56 Å². The van der Waals surface area contributed by atoms with Gasteiger partial charge in [0.25, 0.3) is 0 Å². The van der Waals surface area contributed by atoms with Crippen LogP contribution in [-0.4, -0.2) is 20.7 Å². The van der Waals surface area contributed by atoms with Gasteiger partial charge in [-0.2, -0.15) is 9.49 Å². The first-order valence-electron chi connectivity index (χ1n) is 6.75. The Kier molecular flexibility index (Phi) is 3.75. The molecular formula is C15H13F2N5O. The third-order valence-corrected chi connectivity index (χ3v) is 3.46. The molecular weight excluding hydrogens is 304 g/mol. The number of amides is 1. The van der Waals surface area contributed by atoms with Crippen molar-refractivity contribution in [3.05, 3.63) is 47.9 Å². The summed E-state index contributed by atoms with van der Waals surface area (Å²) in [5.41, 5.74) is 2.77. The molecule has 0 atom stereocenters. The van der Waals surface area contributed by atoms with Gasteiger partial charge in [0.2, 0.25) is 11.9 Å². The van der Waals surface area contributed by atoms with Gasteiger partial charge >= 0.3 is 0 Å². The van der Waals surface area contributed by atoms with E-state index in [1.165, 1.54) is 29.2 Å². The molecule has 0 aliphatic rings. The van der Waals surface area contributed by atoms with Crippen LogP contribution in [0.15, 0.2) is 30.6 Å². The zero-order valence-electron chi connectivity index (χ0n) is 12.2. The number of nitrogens with two attached hydrogens (primary N) is 1. The Morgan fingerprint density at radius 1 is 1.39 bits per heavy atom. The molecule has 6 nitrogen and oxygen atoms in total. The number of fused-ring (bicyclic) bond motifs is 1. The number of carbonyl (C=O) groups excluding carboxylic acids is 1. The molecule has 0 saturated heterocycles. The first kappa shape index (κ1) is 15.0. The molecule has 0 bridgehead atoms. The van der Waals surface area contributed by atoms with E-state index in [4.69, 9.17) is 5.84 Å². The summed E-state index contributed by atoms with van der Waals surface area (Å²) in [5, 5.41) is 4.04. The molecule has 2 heterocycles. The van der Waals surface area contributed by atoms with E-state index in [1.807, 2.05) is 5.43 Å². The molecule has 0 aliphatic heterocycles. The molecule has 0 aliphatic carbocycles. The fraction of sp³-hybridized carbons (Fsp3) is 0.133. The molecule has 3 N–H and O–H groups in total. The van der Waals surface area contributed by atoms with E-state index in [0.717, 1.165) is 0 Å². The fourth-order valence-corrected chi connectivity index (χ4v) is 2.39. The van der Waals surface area contributed by atoms with Crippen molar-refractivity contribution in [1.82, 2.24) is 20.2 Å². The third-order valence-electron chi connectivity index (χ3n) is 3.46. The number of rotatable bonds is 3. The number of hydrogen-bond donors (Lipinski definition) is 2. The van der Waals surface area contributed by atoms with Crippen LogP contribution in [0.5, 0.6) is 0 Å². The Bertz CT molecular complexity index is 906. The highest BCUT2D eigenvalue weighted by molar-refractivity contribution is 5.86. The van der Waals surface area contributed by atoms with Crippen LogP contribution < -0.4 is 11.3 Å². The largest absolute Gasteiger partial charge is 0.294 e. The van der Waals surface area contributed by atoms with E-state index < -0.39 is 17.7 Å². The zero-order valence-corrected chi connectivity index (χ0v) is 12.2. The number of nitrogens with zero attached hydrogens (tertiary/aromatic N) is 3. The molecule has 0 saturated carbocycles. The van der Waals surface area contributed by atoms with Crippen LogP contribution in [0.3, 0.4) is 0 Å². The van der Waals surface area contributed by atoms with Crippen molar-refractivity contribution in [1.29, 1.82) is 0 Å². The normalized spacial score (nSPS) is 11.0. The number of aryl methyl sites for hydroxylation is 1. The van der Waals surface area contributed by atoms with Gasteiger partial charge in [0, 0.05) is 24.2 Å². The van der Waals surface area contributed by atoms with E-state index in [0.29, 0.717) is 11.1 Å². The summed E-state index contributed by atoms with van der Waals surface area (Å²) in [7, 11) is 1.65. The number of halogens is 2. The van der Waals surface area contributed by atoms with Gasteiger partial charge < -0.3 is 0 Å². The van der Waals surface area contributed by atoms with Crippen LogP contribution in [0, 0.1) is 11.8 Å². The number of hydrogen-bond acceptors (Lipinski definition) is 4. The van der Waals surface area contributed by atoms with Gasteiger partial charge in [0.1, 0.15) is 5.82 Å². The van der Waals surface area contributed by atoms with E-state index in [2.05, 4.69) is 10.1 Å². The lowest BCUT2D eigenvalue weighted by atomic mass is 10.0. The van der Waals surface area contributed by atoms with Crippen LogP contribution in [-0.2, 0) is 18.3 Å². The van der Waals surface area contributed by atoms with Gasteiger partial charge in [-0.15, -0.1) is 0 Å². The van der Waals surface area contributed by atoms with E-state index in [1.54, 1.807) is 13.1 Å². The predicted octanol–water partition coefficient (Wildman–Crippen LogP) is 1.45. The lowest BCUT2D eigenvalue weighted by molar-refractivity contribution is -0.120. The summed E-state index contributed by atoms with van der Waals surface area (Å²) in [5.74, 6) is 2.98. The highest BCUT2D eigenvalue weighted by Gasteiger charge is 2.18. The van der Waals surface area contributed by atoms with Gasteiger partial charge in [-0.3, -0.25) is 14.9 Å². The smallest absolute Gasteiger partial charge is 0.238 e. The highest BCUT2D eigenvalue weighted by atomic mass is 19.1. The van der Waals surface area contributed by atoms with Crippen molar-refractivity contribution in [2.75, 3.05) is 0 Å². The zero-order chi connectivity index (χ0) is 16.6. The second-order valence-corrected chi connectivity index (χ2v) is 5.09. The maximum atomic E-state index is 14.8. The Labute approximate surface area is 129 Å². The van der Waals surface area contributed by atoms with Crippen molar-refractivity contribution < 1.29 is 13.6 Å². The Morgan fingerprint density at radius 2 is 2.17 bits per heavy atom. The van der Waals surface area contributed by atoms with E-state index in [9.17, 15) is 13.6 Å². The van der Waals surface area contributed by atoms with Gasteiger partial charge in [0.05, 0.1) is 23.7 Å². The molecule has 0 spiro atoms. The third kappa shape index (κ3) is 2.76. The molecule has 1 aromatic carbocycles. The topological polar surface area (TPSA) is 85.8 Å². The first-order chi connectivity index (χ1) is 11.0. The van der Waals surface area contributed by atoms with Crippen molar-refractivity contribution in [2.24, 2.45) is 12.9 Å². The van der Waals surface area contributed by atoms with Gasteiger partial charge in [0.15, 0.2) is 0 Å². The number of aromatic nitrogens is 3. The minimum absolute atomic E-state index is 0.00845. The molecule has 1 amide bonds. The maximum Gasteiger partial charge on any atom is 0.238 e. The van der Waals surface area contributed by atoms with Crippen molar-refractivity contribution in [3.63, 3.8) is 0 Å². The molecule has 2 aromatic heterocycles. The van der Waals surface area contributed by atoms with E-state index >= 15 is 0 Å². The fourth-order valence-electron chi connectivity index (χ4n) is 2.39. The van der Waals surface area contributed by atoms with Crippen molar-refractivity contribution in [3.8, 4) is 11.1 Å². The summed E-state index contributed by atoms with van der Waals surface area (Å²) in [6, 6.07) is 4.51. The molecule has 3 aromatic rings. The van der Waals surface area contributed by atoms with Gasteiger partial charge in [-0.05, 0) is 17.7 Å². The molecule has 118 valence electrons. The summed E-state index contributed by atoms with van der Waals surface area (Å²) < 4.78 is 30.4. The van der Waals surface area contributed by atoms with E-state index in [-0.39, 0.29) is 22.9 Å². The number of hydrazine groups is 1. The Balaban J connectivity index is 2.17. The standard InChI is InChI=1S/C15H13F2N5O/c1-22-7-9(6-19-22)13-14(16)10-4-8(5-12(23)21-18)2-3-11(10)20-15(13)17/h2-4,6-7H,5,18H2,1H3,(H,21,23). The van der Waals surface area contributed by atoms with Crippen LogP contribution >= 0.6 is 0 Å².